The zero-order valence-electron chi connectivity index (χ0n) is 9.01. The van der Waals surface area contributed by atoms with Gasteiger partial charge < -0.3 is 5.73 Å². The molecule has 1 aromatic rings. The minimum Gasteiger partial charge on any atom is -0.324 e. The van der Waals surface area contributed by atoms with Crippen molar-refractivity contribution in [2.45, 2.75) is 26.3 Å². The number of benzene rings is 1. The van der Waals surface area contributed by atoms with E-state index < -0.39 is 0 Å². The Balaban J connectivity index is 3.07. The molecule has 0 aliphatic heterocycles. The monoisotopic (exact) mass is 208 g/mol. The van der Waals surface area contributed by atoms with E-state index in [4.69, 9.17) is 5.73 Å². The molecule has 2 N–H and O–H groups in total. The van der Waals surface area contributed by atoms with E-state index in [-0.39, 0.29) is 22.6 Å². The van der Waals surface area contributed by atoms with Crippen LogP contribution in [0.1, 0.15) is 31.9 Å². The number of hydrogen-bond acceptors (Lipinski definition) is 3. The third-order valence-corrected chi connectivity index (χ3v) is 2.75. The van der Waals surface area contributed by atoms with Crippen molar-refractivity contribution in [3.05, 3.63) is 39.9 Å². The lowest BCUT2D eigenvalue weighted by Crippen LogP contribution is -2.19. The first-order chi connectivity index (χ1) is 7.07. The standard InChI is InChI=1S/C11H16N2O2/c1-3-8(2)11(12)9-6-4-5-7-10(9)13(14)15/h4-8,11H,3,12H2,1-2H3/t8?,11-/m1/s1. The fourth-order valence-corrected chi connectivity index (χ4v) is 1.50. The smallest absolute Gasteiger partial charge is 0.274 e. The molecule has 0 saturated heterocycles. The Morgan fingerprint density at radius 3 is 2.60 bits per heavy atom. The Morgan fingerprint density at radius 2 is 2.07 bits per heavy atom. The number of nitrogens with zero attached hydrogens (tertiary/aromatic N) is 1. The molecule has 0 aliphatic carbocycles. The van der Waals surface area contributed by atoms with E-state index in [1.54, 1.807) is 18.2 Å². The molecule has 0 aliphatic rings. The number of nitro groups is 1. The predicted octanol–water partition coefficient (Wildman–Crippen LogP) is 2.64. The van der Waals surface area contributed by atoms with Crippen LogP contribution in [0.4, 0.5) is 5.69 Å². The number of nitro benzene ring substituents is 1. The highest BCUT2D eigenvalue weighted by Crippen LogP contribution is 2.29. The Labute approximate surface area is 89.2 Å². The van der Waals surface area contributed by atoms with Crippen molar-refractivity contribution in [1.29, 1.82) is 0 Å². The van der Waals surface area contributed by atoms with Crippen molar-refractivity contribution in [3.63, 3.8) is 0 Å². The van der Waals surface area contributed by atoms with Crippen molar-refractivity contribution in [2.75, 3.05) is 0 Å². The summed E-state index contributed by atoms with van der Waals surface area (Å²) in [5.41, 5.74) is 6.72. The normalized spacial score (nSPS) is 14.6. The van der Waals surface area contributed by atoms with Crippen LogP contribution in [0.2, 0.25) is 0 Å². The first-order valence-corrected chi connectivity index (χ1v) is 5.06. The molecule has 15 heavy (non-hydrogen) atoms. The van der Waals surface area contributed by atoms with E-state index in [1.807, 2.05) is 13.8 Å². The molecular formula is C11H16N2O2. The SMILES string of the molecule is CCC(C)[C@@H](N)c1ccccc1[N+](=O)[O-]. The molecule has 0 fully saturated rings. The van der Waals surface area contributed by atoms with Gasteiger partial charge in [0.05, 0.1) is 4.92 Å². The summed E-state index contributed by atoms with van der Waals surface area (Å²) in [6, 6.07) is 6.40. The molecule has 0 spiro atoms. The molecule has 0 radical (unpaired) electrons. The molecule has 0 aromatic heterocycles. The molecule has 1 rings (SSSR count). The van der Waals surface area contributed by atoms with E-state index in [1.165, 1.54) is 6.07 Å². The quantitative estimate of drug-likeness (QED) is 0.610. The number of nitrogens with two attached hydrogens (primary N) is 1. The van der Waals surface area contributed by atoms with Crippen LogP contribution in [0.5, 0.6) is 0 Å². The molecular weight excluding hydrogens is 192 g/mol. The number of rotatable bonds is 4. The van der Waals surface area contributed by atoms with Gasteiger partial charge >= 0.3 is 0 Å². The topological polar surface area (TPSA) is 69.2 Å². The Hall–Kier alpha value is -1.42. The third-order valence-electron chi connectivity index (χ3n) is 2.75. The third kappa shape index (κ3) is 2.53. The highest BCUT2D eigenvalue weighted by Gasteiger charge is 2.21. The maximum atomic E-state index is 10.8. The Bertz CT molecular complexity index is 352. The zero-order chi connectivity index (χ0) is 11.4. The van der Waals surface area contributed by atoms with Gasteiger partial charge in [0.2, 0.25) is 0 Å². The van der Waals surface area contributed by atoms with Gasteiger partial charge in [0, 0.05) is 17.7 Å². The summed E-state index contributed by atoms with van der Waals surface area (Å²) in [6.45, 7) is 4.03. The summed E-state index contributed by atoms with van der Waals surface area (Å²) >= 11 is 0. The van der Waals surface area contributed by atoms with Crippen LogP contribution in [0.25, 0.3) is 0 Å². The molecule has 4 nitrogen and oxygen atoms in total. The van der Waals surface area contributed by atoms with Crippen molar-refractivity contribution in [1.82, 2.24) is 0 Å². The highest BCUT2D eigenvalue weighted by atomic mass is 16.6. The molecule has 0 saturated carbocycles. The Morgan fingerprint density at radius 1 is 1.47 bits per heavy atom. The minimum atomic E-state index is -0.377. The summed E-state index contributed by atoms with van der Waals surface area (Å²) in [6.07, 6.45) is 0.910. The van der Waals surface area contributed by atoms with Crippen molar-refractivity contribution >= 4 is 5.69 Å². The summed E-state index contributed by atoms with van der Waals surface area (Å²) < 4.78 is 0. The fourth-order valence-electron chi connectivity index (χ4n) is 1.50. The predicted molar refractivity (Wildman–Crippen MR) is 59.5 cm³/mol. The summed E-state index contributed by atoms with van der Waals surface area (Å²) in [7, 11) is 0. The first kappa shape index (κ1) is 11.7. The Kier molecular flexibility index (Phi) is 3.80. The van der Waals surface area contributed by atoms with Crippen molar-refractivity contribution in [2.24, 2.45) is 11.7 Å². The van der Waals surface area contributed by atoms with Gasteiger partial charge in [-0.2, -0.15) is 0 Å². The number of hydrogen-bond donors (Lipinski definition) is 1. The average Bonchev–Trinajstić information content (AvgIpc) is 2.27. The second-order valence-corrected chi connectivity index (χ2v) is 3.73. The fraction of sp³-hybridized carbons (Fsp3) is 0.455. The molecule has 1 unspecified atom stereocenters. The van der Waals surface area contributed by atoms with Crippen LogP contribution in [-0.2, 0) is 0 Å². The highest BCUT2D eigenvalue weighted by molar-refractivity contribution is 5.42. The molecule has 82 valence electrons. The van der Waals surface area contributed by atoms with Gasteiger partial charge in [-0.1, -0.05) is 38.5 Å². The van der Waals surface area contributed by atoms with E-state index in [0.29, 0.717) is 5.56 Å². The van der Waals surface area contributed by atoms with Gasteiger partial charge in [-0.15, -0.1) is 0 Å². The molecule has 4 heteroatoms. The first-order valence-electron chi connectivity index (χ1n) is 5.06. The largest absolute Gasteiger partial charge is 0.324 e. The summed E-state index contributed by atoms with van der Waals surface area (Å²) in [4.78, 5) is 10.4. The maximum absolute atomic E-state index is 10.8. The van der Waals surface area contributed by atoms with Gasteiger partial charge in [0.15, 0.2) is 0 Å². The minimum absolute atomic E-state index is 0.116. The van der Waals surface area contributed by atoms with Crippen LogP contribution >= 0.6 is 0 Å². The van der Waals surface area contributed by atoms with Crippen molar-refractivity contribution in [3.8, 4) is 0 Å². The molecule has 0 amide bonds. The van der Waals surface area contributed by atoms with E-state index >= 15 is 0 Å². The van der Waals surface area contributed by atoms with Crippen LogP contribution < -0.4 is 5.73 Å². The second kappa shape index (κ2) is 4.89. The van der Waals surface area contributed by atoms with E-state index in [0.717, 1.165) is 6.42 Å². The second-order valence-electron chi connectivity index (χ2n) is 3.73. The van der Waals surface area contributed by atoms with Crippen LogP contribution in [0.3, 0.4) is 0 Å². The summed E-state index contributed by atoms with van der Waals surface area (Å²) in [5.74, 6) is 0.242. The summed E-state index contributed by atoms with van der Waals surface area (Å²) in [5, 5.41) is 10.8. The number of para-hydroxylation sites is 1. The lowest BCUT2D eigenvalue weighted by Gasteiger charge is -2.18. The van der Waals surface area contributed by atoms with Crippen LogP contribution in [-0.4, -0.2) is 4.92 Å². The van der Waals surface area contributed by atoms with Gasteiger partial charge in [-0.25, -0.2) is 0 Å². The van der Waals surface area contributed by atoms with E-state index in [2.05, 4.69) is 0 Å². The van der Waals surface area contributed by atoms with Gasteiger partial charge in [0.25, 0.3) is 5.69 Å². The molecule has 2 atom stereocenters. The van der Waals surface area contributed by atoms with Crippen molar-refractivity contribution < 1.29 is 4.92 Å². The van der Waals surface area contributed by atoms with Crippen LogP contribution in [0.15, 0.2) is 24.3 Å². The van der Waals surface area contributed by atoms with Gasteiger partial charge in [0.1, 0.15) is 0 Å². The lowest BCUT2D eigenvalue weighted by molar-refractivity contribution is -0.385. The van der Waals surface area contributed by atoms with Gasteiger partial charge in [-0.3, -0.25) is 10.1 Å². The molecule has 0 bridgehead atoms. The maximum Gasteiger partial charge on any atom is 0.274 e. The molecule has 0 heterocycles. The van der Waals surface area contributed by atoms with E-state index in [9.17, 15) is 10.1 Å². The zero-order valence-corrected chi connectivity index (χ0v) is 9.01. The average molecular weight is 208 g/mol. The van der Waals surface area contributed by atoms with Crippen LogP contribution in [0, 0.1) is 16.0 Å². The van der Waals surface area contributed by atoms with Gasteiger partial charge in [-0.05, 0) is 5.92 Å². The molecule has 1 aromatic carbocycles. The lowest BCUT2D eigenvalue weighted by atomic mass is 9.92.